The molecule has 2 aromatic rings. The first-order valence-corrected chi connectivity index (χ1v) is 7.92. The van der Waals surface area contributed by atoms with Crippen molar-refractivity contribution in [1.29, 1.82) is 0 Å². The lowest BCUT2D eigenvalue weighted by Crippen LogP contribution is -2.28. The molecule has 0 aliphatic carbocycles. The summed E-state index contributed by atoms with van der Waals surface area (Å²) >= 11 is 7.29. The topological polar surface area (TPSA) is 29.1 Å². The Balaban J connectivity index is 1.99. The highest BCUT2D eigenvalue weighted by Gasteiger charge is 2.12. The van der Waals surface area contributed by atoms with Crippen LogP contribution in [0.5, 0.6) is 0 Å². The molecule has 0 bridgehead atoms. The Bertz CT molecular complexity index is 519. The van der Waals surface area contributed by atoms with Crippen molar-refractivity contribution in [1.82, 2.24) is 5.32 Å². The summed E-state index contributed by atoms with van der Waals surface area (Å²) in [4.78, 5) is 12.9. The number of nitrogens with one attached hydrogen (secondary N) is 1. The zero-order chi connectivity index (χ0) is 13.7. The molecule has 1 aromatic heterocycles. The Morgan fingerprint density at radius 2 is 2.21 bits per heavy atom. The van der Waals surface area contributed by atoms with E-state index in [0.717, 1.165) is 27.8 Å². The summed E-state index contributed by atoms with van der Waals surface area (Å²) in [6, 6.07) is 10.0. The molecule has 2 nitrogen and oxygen atoms in total. The van der Waals surface area contributed by atoms with Crippen molar-refractivity contribution in [2.24, 2.45) is 5.92 Å². The number of alkyl halides is 1. The summed E-state index contributed by atoms with van der Waals surface area (Å²) in [7, 11) is 0. The minimum Gasteiger partial charge on any atom is -0.351 e. The monoisotopic (exact) mass is 295 g/mol. The van der Waals surface area contributed by atoms with Gasteiger partial charge in [-0.1, -0.05) is 31.5 Å². The largest absolute Gasteiger partial charge is 0.351 e. The van der Waals surface area contributed by atoms with Crippen molar-refractivity contribution >= 4 is 38.9 Å². The SMILES string of the molecule is CCC(CCCl)CNC(=O)c1cc2ccccc2s1. The van der Waals surface area contributed by atoms with Gasteiger partial charge in [-0.05, 0) is 29.9 Å². The predicted octanol–water partition coefficient (Wildman–Crippen LogP) is 4.29. The van der Waals surface area contributed by atoms with Gasteiger partial charge in [-0.2, -0.15) is 0 Å². The van der Waals surface area contributed by atoms with Crippen LogP contribution >= 0.6 is 22.9 Å². The Kier molecular flexibility index (Phi) is 5.23. The Morgan fingerprint density at radius 1 is 1.42 bits per heavy atom. The van der Waals surface area contributed by atoms with Crippen molar-refractivity contribution < 1.29 is 4.79 Å². The Morgan fingerprint density at radius 3 is 2.89 bits per heavy atom. The number of benzene rings is 1. The van der Waals surface area contributed by atoms with E-state index in [1.165, 1.54) is 11.3 Å². The average molecular weight is 296 g/mol. The van der Waals surface area contributed by atoms with Crippen molar-refractivity contribution in [3.05, 3.63) is 35.2 Å². The lowest BCUT2D eigenvalue weighted by atomic mass is 10.0. The summed E-state index contributed by atoms with van der Waals surface area (Å²) in [6.45, 7) is 2.83. The molecule has 2 rings (SSSR count). The number of rotatable bonds is 6. The van der Waals surface area contributed by atoms with Crippen LogP contribution in [0.4, 0.5) is 0 Å². The molecule has 0 saturated carbocycles. The maximum atomic E-state index is 12.1. The molecule has 1 N–H and O–H groups in total. The summed E-state index contributed by atoms with van der Waals surface area (Å²) in [5.74, 6) is 1.14. The van der Waals surface area contributed by atoms with Crippen molar-refractivity contribution in [2.75, 3.05) is 12.4 Å². The molecule has 1 atom stereocenters. The fourth-order valence-electron chi connectivity index (χ4n) is 2.02. The second-order valence-electron chi connectivity index (χ2n) is 4.61. The van der Waals surface area contributed by atoms with Gasteiger partial charge < -0.3 is 5.32 Å². The molecule has 102 valence electrons. The van der Waals surface area contributed by atoms with E-state index in [0.29, 0.717) is 18.3 Å². The van der Waals surface area contributed by atoms with Gasteiger partial charge in [0.05, 0.1) is 4.88 Å². The second kappa shape index (κ2) is 6.92. The third kappa shape index (κ3) is 3.71. The van der Waals surface area contributed by atoms with Crippen LogP contribution in [-0.4, -0.2) is 18.3 Å². The molecule has 1 heterocycles. The number of fused-ring (bicyclic) bond motifs is 1. The van der Waals surface area contributed by atoms with Gasteiger partial charge in [0.2, 0.25) is 0 Å². The zero-order valence-electron chi connectivity index (χ0n) is 11.0. The van der Waals surface area contributed by atoms with Crippen molar-refractivity contribution in [3.63, 3.8) is 0 Å². The van der Waals surface area contributed by atoms with Crippen LogP contribution in [0.15, 0.2) is 30.3 Å². The van der Waals surface area contributed by atoms with Crippen LogP contribution in [0.2, 0.25) is 0 Å². The third-order valence-electron chi connectivity index (χ3n) is 3.30. The number of carbonyl (C=O) groups excluding carboxylic acids is 1. The summed E-state index contributed by atoms with van der Waals surface area (Å²) in [6.07, 6.45) is 1.99. The van der Waals surface area contributed by atoms with E-state index in [2.05, 4.69) is 12.2 Å². The molecular formula is C15H18ClNOS. The number of halogens is 1. The first kappa shape index (κ1) is 14.4. The maximum absolute atomic E-state index is 12.1. The fraction of sp³-hybridized carbons (Fsp3) is 0.400. The molecule has 4 heteroatoms. The van der Waals surface area contributed by atoms with E-state index in [9.17, 15) is 4.79 Å². The highest BCUT2D eigenvalue weighted by Crippen LogP contribution is 2.25. The fourth-order valence-corrected chi connectivity index (χ4v) is 3.31. The van der Waals surface area contributed by atoms with E-state index in [1.807, 2.05) is 30.3 Å². The molecule has 0 radical (unpaired) electrons. The van der Waals surface area contributed by atoms with Crippen LogP contribution in [0, 0.1) is 5.92 Å². The van der Waals surface area contributed by atoms with E-state index in [-0.39, 0.29) is 5.91 Å². The van der Waals surface area contributed by atoms with E-state index >= 15 is 0 Å². The average Bonchev–Trinajstić information content (AvgIpc) is 2.87. The van der Waals surface area contributed by atoms with Crippen LogP contribution in [0.25, 0.3) is 10.1 Å². The molecule has 0 fully saturated rings. The Labute approximate surface area is 122 Å². The van der Waals surface area contributed by atoms with Crippen molar-refractivity contribution in [2.45, 2.75) is 19.8 Å². The first-order valence-electron chi connectivity index (χ1n) is 6.57. The lowest BCUT2D eigenvalue weighted by Gasteiger charge is -2.13. The number of amides is 1. The van der Waals surface area contributed by atoms with Crippen LogP contribution in [0.1, 0.15) is 29.4 Å². The third-order valence-corrected chi connectivity index (χ3v) is 4.63. The number of carbonyl (C=O) groups is 1. The molecule has 1 amide bonds. The van der Waals surface area contributed by atoms with Crippen LogP contribution < -0.4 is 5.32 Å². The molecular weight excluding hydrogens is 278 g/mol. The molecule has 19 heavy (non-hydrogen) atoms. The highest BCUT2D eigenvalue weighted by atomic mass is 35.5. The quantitative estimate of drug-likeness (QED) is 0.792. The summed E-state index contributed by atoms with van der Waals surface area (Å²) in [5.41, 5.74) is 0. The van der Waals surface area contributed by atoms with Crippen LogP contribution in [-0.2, 0) is 0 Å². The number of hydrogen-bond donors (Lipinski definition) is 1. The predicted molar refractivity (Wildman–Crippen MR) is 83.3 cm³/mol. The van der Waals surface area contributed by atoms with Gasteiger partial charge in [-0.15, -0.1) is 22.9 Å². The standard InChI is InChI=1S/C15H18ClNOS/c1-2-11(7-8-16)10-17-15(18)14-9-12-5-3-4-6-13(12)19-14/h3-6,9,11H,2,7-8,10H2,1H3,(H,17,18). The highest BCUT2D eigenvalue weighted by molar-refractivity contribution is 7.20. The van der Waals surface area contributed by atoms with Gasteiger partial charge >= 0.3 is 0 Å². The van der Waals surface area contributed by atoms with Gasteiger partial charge in [0.25, 0.3) is 5.91 Å². The minimum atomic E-state index is 0.0224. The van der Waals surface area contributed by atoms with Gasteiger partial charge in [0.15, 0.2) is 0 Å². The second-order valence-corrected chi connectivity index (χ2v) is 6.07. The van der Waals surface area contributed by atoms with Gasteiger partial charge in [0.1, 0.15) is 0 Å². The molecule has 1 unspecified atom stereocenters. The normalized spacial score (nSPS) is 12.5. The smallest absolute Gasteiger partial charge is 0.261 e. The summed E-state index contributed by atoms with van der Waals surface area (Å²) in [5, 5.41) is 4.14. The van der Waals surface area contributed by atoms with E-state index in [1.54, 1.807) is 0 Å². The summed E-state index contributed by atoms with van der Waals surface area (Å²) < 4.78 is 1.15. The van der Waals surface area contributed by atoms with E-state index in [4.69, 9.17) is 11.6 Å². The maximum Gasteiger partial charge on any atom is 0.261 e. The molecule has 0 saturated heterocycles. The lowest BCUT2D eigenvalue weighted by molar-refractivity contribution is 0.0950. The minimum absolute atomic E-state index is 0.0224. The molecule has 1 aromatic carbocycles. The van der Waals surface area contributed by atoms with Gasteiger partial charge in [-0.25, -0.2) is 0 Å². The Hall–Kier alpha value is -1.06. The van der Waals surface area contributed by atoms with Crippen LogP contribution in [0.3, 0.4) is 0 Å². The molecule has 0 spiro atoms. The zero-order valence-corrected chi connectivity index (χ0v) is 12.6. The van der Waals surface area contributed by atoms with Gasteiger partial charge in [0, 0.05) is 17.1 Å². The number of hydrogen-bond acceptors (Lipinski definition) is 2. The number of thiophene rings is 1. The van der Waals surface area contributed by atoms with Gasteiger partial charge in [-0.3, -0.25) is 4.79 Å². The molecule has 0 aliphatic heterocycles. The first-order chi connectivity index (χ1) is 9.24. The van der Waals surface area contributed by atoms with E-state index < -0.39 is 0 Å². The van der Waals surface area contributed by atoms with Crippen molar-refractivity contribution in [3.8, 4) is 0 Å². The molecule has 0 aliphatic rings.